The molecule has 0 aliphatic carbocycles. The minimum Gasteiger partial charge on any atom is -0.549 e. The van der Waals surface area contributed by atoms with Crippen LogP contribution in [-0.2, 0) is 31.8 Å². The van der Waals surface area contributed by atoms with Gasteiger partial charge in [-0.05, 0) is 13.8 Å². The van der Waals surface area contributed by atoms with Crippen LogP contribution in [0.2, 0.25) is 0 Å². The van der Waals surface area contributed by atoms with E-state index in [9.17, 15) is 29.4 Å². The van der Waals surface area contributed by atoms with Gasteiger partial charge in [-0.2, -0.15) is 0 Å². The maximum Gasteiger partial charge on any atom is 2.00 e. The van der Waals surface area contributed by atoms with Crippen LogP contribution in [0.4, 0.5) is 0 Å². The molecule has 0 radical (unpaired) electrons. The van der Waals surface area contributed by atoms with Crippen LogP contribution in [0.1, 0.15) is 13.8 Å². The fourth-order valence-electron chi connectivity index (χ4n) is 1.94. The quantitative estimate of drug-likeness (QED) is 0.139. The Morgan fingerprint density at radius 3 is 1.30 bits per heavy atom. The van der Waals surface area contributed by atoms with Gasteiger partial charge in [0.2, 0.25) is 0 Å². The van der Waals surface area contributed by atoms with Crippen LogP contribution in [-0.4, -0.2) is 143 Å². The standard InChI is InChI=1S/C10H16N2O8.C5H11NS2.Ca.Na/c13-7(14)3-11(4-8(15)16)1-2-12(5-9(17)18)6-10(19)20;1-3-6(4-2)5(7)8;;/h1-6H2,(H,13,14)(H,15,16)(H,17,18)(H,19,20);3-4H2,1-2H3,(H,7,8);;/q;;+2;+1/p-3. The van der Waals surface area contributed by atoms with Gasteiger partial charge in [-0.3, -0.25) is 19.4 Å². The van der Waals surface area contributed by atoms with Gasteiger partial charge in [0, 0.05) is 39.3 Å². The van der Waals surface area contributed by atoms with Gasteiger partial charge in [0.1, 0.15) is 0 Å². The van der Waals surface area contributed by atoms with E-state index in [0.717, 1.165) is 22.9 Å². The number of hydrogen-bond donors (Lipinski definition) is 2. The van der Waals surface area contributed by atoms with Crippen LogP contribution in [0.15, 0.2) is 0 Å². The van der Waals surface area contributed by atoms with Gasteiger partial charge < -0.3 is 59.8 Å². The number of carboxylic acids is 4. The Kier molecular flexibility index (Phi) is 27.9. The van der Waals surface area contributed by atoms with Gasteiger partial charge in [-0.1, -0.05) is 4.32 Å². The zero-order valence-corrected chi connectivity index (χ0v) is 23.2. The Balaban J connectivity index is -0.000000288. The van der Waals surface area contributed by atoms with Gasteiger partial charge >= 0.3 is 79.2 Å². The average molecular weight is 502 g/mol. The van der Waals surface area contributed by atoms with Crippen molar-refractivity contribution in [3.63, 3.8) is 0 Å². The first-order chi connectivity index (χ1) is 12.9. The predicted molar refractivity (Wildman–Crippen MR) is 107 cm³/mol. The smallest absolute Gasteiger partial charge is 0.549 e. The van der Waals surface area contributed by atoms with E-state index in [1.165, 1.54) is 0 Å². The maximum atomic E-state index is 10.5. The summed E-state index contributed by atoms with van der Waals surface area (Å²) in [4.78, 5) is 45.9. The van der Waals surface area contributed by atoms with Crippen LogP contribution in [0, 0.1) is 0 Å². The second kappa shape index (κ2) is 22.4. The zero-order valence-electron chi connectivity index (χ0n) is 17.4. The molecule has 0 heterocycles. The third-order valence-corrected chi connectivity index (χ3v) is 3.69. The minimum absolute atomic E-state index is 0. The number of aliphatic carboxylic acids is 4. The van der Waals surface area contributed by atoms with Crippen LogP contribution in [0.3, 0.4) is 0 Å². The Bertz CT molecular complexity index is 488. The summed E-state index contributed by atoms with van der Waals surface area (Å²) in [6, 6.07) is 0. The molecular weight excluding hydrogens is 477 g/mol. The van der Waals surface area contributed by atoms with Crippen molar-refractivity contribution in [2.24, 2.45) is 0 Å². The van der Waals surface area contributed by atoms with E-state index < -0.39 is 50.1 Å². The van der Waals surface area contributed by atoms with Crippen molar-refractivity contribution in [1.82, 2.24) is 14.7 Å². The van der Waals surface area contributed by atoms with E-state index in [1.807, 2.05) is 18.7 Å². The zero-order chi connectivity index (χ0) is 22.3. The van der Waals surface area contributed by atoms with Gasteiger partial charge in [-0.25, -0.2) is 0 Å². The van der Waals surface area contributed by atoms with Crippen molar-refractivity contribution < 1.29 is 69.2 Å². The van der Waals surface area contributed by atoms with Crippen molar-refractivity contribution in [3.8, 4) is 0 Å². The fourth-order valence-corrected chi connectivity index (χ4v) is 2.46. The summed E-state index contributed by atoms with van der Waals surface area (Å²) in [5.41, 5.74) is 0. The molecule has 0 amide bonds. The molecule has 0 aromatic heterocycles. The number of carbonyl (C=O) groups is 4. The molecule has 11 nitrogen and oxygen atoms in total. The summed E-state index contributed by atoms with van der Waals surface area (Å²) in [7, 11) is 0. The van der Waals surface area contributed by atoms with Gasteiger partial charge in [0.25, 0.3) is 0 Å². The van der Waals surface area contributed by atoms with Crippen molar-refractivity contribution in [1.29, 1.82) is 0 Å². The first-order valence-electron chi connectivity index (χ1n) is 8.16. The molecule has 0 bridgehead atoms. The molecule has 2 N–H and O–H groups in total. The van der Waals surface area contributed by atoms with E-state index in [2.05, 4.69) is 0 Å². The molecule has 0 aliphatic rings. The Morgan fingerprint density at radius 2 is 1.13 bits per heavy atom. The molecular formula is C15H24CaN3NaO8S2. The molecule has 162 valence electrons. The van der Waals surface area contributed by atoms with Gasteiger partial charge in [-0.15, -0.1) is 0 Å². The maximum absolute atomic E-state index is 10.5. The summed E-state index contributed by atoms with van der Waals surface area (Å²) < 4.78 is 0.579. The predicted octanol–water partition coefficient (Wildman–Crippen LogP) is -6.96. The number of thiocarbonyl (C=S) groups is 1. The fraction of sp³-hybridized carbons (Fsp3) is 0.667. The van der Waals surface area contributed by atoms with Crippen molar-refractivity contribution in [2.45, 2.75) is 13.8 Å². The molecule has 15 heteroatoms. The molecule has 0 rings (SSSR count). The Hall–Kier alpha value is 0.170. The van der Waals surface area contributed by atoms with Crippen LogP contribution in [0.5, 0.6) is 0 Å². The van der Waals surface area contributed by atoms with E-state index in [0.29, 0.717) is 4.32 Å². The molecule has 0 fully saturated rings. The summed E-state index contributed by atoms with van der Waals surface area (Å²) in [6.45, 7) is 3.20. The van der Waals surface area contributed by atoms with Crippen molar-refractivity contribution in [2.75, 3.05) is 52.4 Å². The molecule has 0 aromatic carbocycles. The first-order valence-corrected chi connectivity index (χ1v) is 8.98. The monoisotopic (exact) mass is 501 g/mol. The van der Waals surface area contributed by atoms with Crippen molar-refractivity contribution >= 4 is 90.8 Å². The van der Waals surface area contributed by atoms with E-state index >= 15 is 0 Å². The SMILES string of the molecule is CCN(CC)C(=S)[S-].O=C([O-])CN(CCN(CC(=O)O)CC(=O)O)CC(=O)[O-].[Ca+2].[Na+]. The molecule has 0 spiro atoms. The number of carboxylic acid groups (broad SMARTS) is 4. The Labute approximate surface area is 238 Å². The Morgan fingerprint density at radius 1 is 0.833 bits per heavy atom. The summed E-state index contributed by atoms with van der Waals surface area (Å²) in [6.07, 6.45) is 0. The summed E-state index contributed by atoms with van der Waals surface area (Å²) in [5.74, 6) is -5.52. The topological polar surface area (TPSA) is 165 Å². The van der Waals surface area contributed by atoms with E-state index in [-0.39, 0.29) is 80.4 Å². The normalized spacial score (nSPS) is 9.47. The molecule has 0 unspecified atom stereocenters. The van der Waals surface area contributed by atoms with E-state index in [1.54, 1.807) is 0 Å². The van der Waals surface area contributed by atoms with Crippen LogP contribution >= 0.6 is 12.2 Å². The summed E-state index contributed by atoms with van der Waals surface area (Å²) in [5, 5.41) is 38.0. The molecule has 0 aromatic rings. The summed E-state index contributed by atoms with van der Waals surface area (Å²) >= 11 is 9.51. The molecule has 0 saturated heterocycles. The largest absolute Gasteiger partial charge is 2.00 e. The third-order valence-electron chi connectivity index (χ3n) is 3.18. The molecule has 0 atom stereocenters. The van der Waals surface area contributed by atoms with Crippen LogP contribution < -0.4 is 39.8 Å². The number of carbonyl (C=O) groups excluding carboxylic acids is 2. The number of hydrogen-bond acceptors (Lipinski definition) is 10. The van der Waals surface area contributed by atoms with Crippen LogP contribution in [0.25, 0.3) is 0 Å². The first kappa shape index (κ1) is 37.5. The second-order valence-electron chi connectivity index (χ2n) is 5.39. The minimum atomic E-state index is -1.51. The average Bonchev–Trinajstić information content (AvgIpc) is 2.51. The van der Waals surface area contributed by atoms with Gasteiger partial charge in [0.05, 0.1) is 25.0 Å². The molecule has 30 heavy (non-hydrogen) atoms. The number of rotatable bonds is 13. The molecule has 0 saturated carbocycles. The van der Waals surface area contributed by atoms with Gasteiger partial charge in [0.15, 0.2) is 0 Å². The number of nitrogens with zero attached hydrogens (tertiary/aromatic N) is 3. The van der Waals surface area contributed by atoms with E-state index in [4.69, 9.17) is 35.1 Å². The second-order valence-corrected chi connectivity index (χ2v) is 6.42. The third kappa shape index (κ3) is 24.4. The molecule has 0 aliphatic heterocycles. The van der Waals surface area contributed by atoms with Crippen molar-refractivity contribution in [3.05, 3.63) is 0 Å².